The number of fused-ring (bicyclic) bond motifs is 1. The molecule has 10 nitrogen and oxygen atoms in total. The Kier molecular flexibility index (Phi) is 6.09. The smallest absolute Gasteiger partial charge is 0.387 e. The highest BCUT2D eigenvalue weighted by Gasteiger charge is 2.35. The molecule has 0 aromatic heterocycles. The topological polar surface area (TPSA) is 125 Å². The molecule has 0 aliphatic carbocycles. The summed E-state index contributed by atoms with van der Waals surface area (Å²) in [6.45, 7) is -4.00. The Morgan fingerprint density at radius 3 is 2.26 bits per heavy atom. The van der Waals surface area contributed by atoms with Crippen LogP contribution in [0.3, 0.4) is 0 Å². The first kappa shape index (κ1) is 21.6. The average molecular weight is 436 g/mol. The van der Waals surface area contributed by atoms with Crippen LogP contribution in [0.15, 0.2) is 36.4 Å². The van der Waals surface area contributed by atoms with Crippen LogP contribution in [0.1, 0.15) is 31.1 Å². The number of benzene rings is 2. The van der Waals surface area contributed by atoms with E-state index in [1.165, 1.54) is 12.1 Å². The van der Waals surface area contributed by atoms with E-state index in [1.807, 2.05) is 0 Å². The predicted octanol–water partition coefficient (Wildman–Crippen LogP) is 2.66. The maximum absolute atomic E-state index is 12.5. The Bertz CT molecular complexity index is 1040. The van der Waals surface area contributed by atoms with Gasteiger partial charge in [-0.25, -0.2) is 4.79 Å². The van der Waals surface area contributed by atoms with Crippen LogP contribution in [0.4, 0.5) is 14.5 Å². The van der Waals surface area contributed by atoms with Crippen LogP contribution in [0.25, 0.3) is 0 Å². The fraction of sp³-hybridized carbons (Fsp3) is 0.211. The molecule has 0 N–H and O–H groups in total. The number of hydrogen-bond acceptors (Lipinski definition) is 8. The van der Waals surface area contributed by atoms with Gasteiger partial charge in [0.1, 0.15) is 12.2 Å². The lowest BCUT2D eigenvalue weighted by molar-refractivity contribution is -0.385. The number of nitro benzene ring substituents is 1. The lowest BCUT2D eigenvalue weighted by atomic mass is 10.1. The molecular formula is C19H14F2N2O8. The molecule has 0 unspecified atom stereocenters. The number of alkyl halides is 2. The van der Waals surface area contributed by atoms with Gasteiger partial charge in [-0.2, -0.15) is 8.78 Å². The van der Waals surface area contributed by atoms with Crippen molar-refractivity contribution in [2.75, 3.05) is 20.3 Å². The molecule has 0 fully saturated rings. The number of imide groups is 1. The first-order chi connectivity index (χ1) is 14.7. The Labute approximate surface area is 173 Å². The maximum atomic E-state index is 12.5. The molecule has 1 aliphatic rings. The zero-order valence-corrected chi connectivity index (χ0v) is 15.9. The zero-order valence-electron chi connectivity index (χ0n) is 15.9. The average Bonchev–Trinajstić information content (AvgIpc) is 2.98. The summed E-state index contributed by atoms with van der Waals surface area (Å²) in [5, 5.41) is 11.3. The largest absolute Gasteiger partial charge is 0.493 e. The minimum absolute atomic E-state index is 0.216. The number of esters is 1. The van der Waals surface area contributed by atoms with Crippen LogP contribution in [-0.4, -0.2) is 54.5 Å². The van der Waals surface area contributed by atoms with E-state index in [1.54, 1.807) is 12.1 Å². The highest BCUT2D eigenvalue weighted by atomic mass is 19.3. The fourth-order valence-electron chi connectivity index (χ4n) is 2.96. The van der Waals surface area contributed by atoms with E-state index >= 15 is 0 Å². The molecule has 0 saturated carbocycles. The van der Waals surface area contributed by atoms with E-state index in [2.05, 4.69) is 4.74 Å². The second-order valence-electron chi connectivity index (χ2n) is 6.10. The molecule has 0 bridgehead atoms. The zero-order chi connectivity index (χ0) is 22.7. The van der Waals surface area contributed by atoms with Gasteiger partial charge >= 0.3 is 12.6 Å². The van der Waals surface area contributed by atoms with Crippen LogP contribution in [0.2, 0.25) is 0 Å². The van der Waals surface area contributed by atoms with Gasteiger partial charge in [0.2, 0.25) is 0 Å². The van der Waals surface area contributed by atoms with Crippen LogP contribution in [0, 0.1) is 10.1 Å². The monoisotopic (exact) mass is 436 g/mol. The molecule has 0 radical (unpaired) electrons. The lowest BCUT2D eigenvalue weighted by Crippen LogP contribution is -2.33. The number of ether oxygens (including phenoxy) is 3. The first-order valence-electron chi connectivity index (χ1n) is 8.68. The van der Waals surface area contributed by atoms with Gasteiger partial charge < -0.3 is 14.2 Å². The molecule has 31 heavy (non-hydrogen) atoms. The maximum Gasteiger partial charge on any atom is 0.387 e. The van der Waals surface area contributed by atoms with Gasteiger partial charge in [0.15, 0.2) is 11.5 Å². The molecule has 3 rings (SSSR count). The Hall–Kier alpha value is -4.09. The van der Waals surface area contributed by atoms with E-state index in [-0.39, 0.29) is 23.4 Å². The summed E-state index contributed by atoms with van der Waals surface area (Å²) in [7, 11) is 1.09. The van der Waals surface area contributed by atoms with E-state index < -0.39 is 52.9 Å². The number of carbonyl (C=O) groups is 3. The molecule has 1 heterocycles. The second-order valence-corrected chi connectivity index (χ2v) is 6.10. The van der Waals surface area contributed by atoms with Crippen molar-refractivity contribution in [2.24, 2.45) is 0 Å². The first-order valence-corrected chi connectivity index (χ1v) is 8.68. The Morgan fingerprint density at radius 1 is 1.13 bits per heavy atom. The molecule has 162 valence electrons. The van der Waals surface area contributed by atoms with Crippen LogP contribution >= 0.6 is 0 Å². The van der Waals surface area contributed by atoms with Crippen molar-refractivity contribution in [3.05, 3.63) is 63.2 Å². The van der Waals surface area contributed by atoms with Gasteiger partial charge in [-0.1, -0.05) is 12.1 Å². The summed E-state index contributed by atoms with van der Waals surface area (Å²) in [5.41, 5.74) is -0.990. The Balaban J connectivity index is 1.74. The van der Waals surface area contributed by atoms with Gasteiger partial charge in [0, 0.05) is 6.07 Å². The van der Waals surface area contributed by atoms with Crippen LogP contribution in [-0.2, 0) is 4.74 Å². The van der Waals surface area contributed by atoms with Gasteiger partial charge in [-0.3, -0.25) is 24.6 Å². The molecule has 0 saturated heterocycles. The summed E-state index contributed by atoms with van der Waals surface area (Å²) >= 11 is 0. The van der Waals surface area contributed by atoms with E-state index in [0.29, 0.717) is 6.07 Å². The van der Waals surface area contributed by atoms with Crippen molar-refractivity contribution in [2.45, 2.75) is 6.61 Å². The number of nitrogens with zero attached hydrogens (tertiary/aromatic N) is 2. The number of nitro groups is 1. The van der Waals surface area contributed by atoms with E-state index in [0.717, 1.165) is 18.1 Å². The molecule has 0 atom stereocenters. The molecule has 2 amide bonds. The number of rotatable bonds is 8. The van der Waals surface area contributed by atoms with Gasteiger partial charge in [-0.15, -0.1) is 0 Å². The van der Waals surface area contributed by atoms with Gasteiger partial charge in [-0.05, 0) is 12.1 Å². The highest BCUT2D eigenvalue weighted by Crippen LogP contribution is 2.36. The minimum Gasteiger partial charge on any atom is -0.493 e. The third-order valence-corrected chi connectivity index (χ3v) is 4.34. The van der Waals surface area contributed by atoms with Crippen molar-refractivity contribution in [1.82, 2.24) is 4.90 Å². The van der Waals surface area contributed by atoms with Crippen molar-refractivity contribution in [3.63, 3.8) is 0 Å². The van der Waals surface area contributed by atoms with Crippen molar-refractivity contribution < 1.29 is 42.3 Å². The SMILES string of the molecule is COc1cc(C(=O)OCCN2C(=O)c3ccccc3C2=O)c([N+](=O)[O-])cc1OC(F)F. The standard InChI is InChI=1S/C19H14F2N2O8/c1-29-14-8-12(13(23(27)28)9-15(14)31-19(20)21)18(26)30-7-6-22-16(24)10-4-2-3-5-11(10)17(22)25/h2-5,8-9,19H,6-7H2,1H3. The van der Waals surface area contributed by atoms with Gasteiger partial charge in [0.25, 0.3) is 17.5 Å². The van der Waals surface area contributed by atoms with E-state index in [4.69, 9.17) is 9.47 Å². The van der Waals surface area contributed by atoms with Crippen molar-refractivity contribution >= 4 is 23.5 Å². The number of carbonyl (C=O) groups excluding carboxylic acids is 3. The summed E-state index contributed by atoms with van der Waals surface area (Å²) in [5.74, 6) is -3.27. The van der Waals surface area contributed by atoms with Crippen LogP contribution < -0.4 is 9.47 Å². The van der Waals surface area contributed by atoms with Crippen molar-refractivity contribution in [1.29, 1.82) is 0 Å². The van der Waals surface area contributed by atoms with Crippen LogP contribution in [0.5, 0.6) is 11.5 Å². The third kappa shape index (κ3) is 4.27. The third-order valence-electron chi connectivity index (χ3n) is 4.34. The predicted molar refractivity (Wildman–Crippen MR) is 98.4 cm³/mol. The number of hydrogen-bond donors (Lipinski definition) is 0. The normalized spacial score (nSPS) is 12.7. The summed E-state index contributed by atoms with van der Waals surface area (Å²) in [6.07, 6.45) is 0. The molecule has 12 heteroatoms. The quantitative estimate of drug-likeness (QED) is 0.268. The lowest BCUT2D eigenvalue weighted by Gasteiger charge is -2.14. The van der Waals surface area contributed by atoms with Gasteiger partial charge in [0.05, 0.1) is 35.8 Å². The molecular weight excluding hydrogens is 422 g/mol. The highest BCUT2D eigenvalue weighted by molar-refractivity contribution is 6.21. The number of amides is 2. The second kappa shape index (κ2) is 8.73. The summed E-state index contributed by atoms with van der Waals surface area (Å²) in [6, 6.07) is 7.62. The van der Waals surface area contributed by atoms with Crippen molar-refractivity contribution in [3.8, 4) is 11.5 Å². The summed E-state index contributed by atoms with van der Waals surface area (Å²) in [4.78, 5) is 48.1. The fourth-order valence-corrected chi connectivity index (χ4v) is 2.96. The molecule has 2 aromatic rings. The molecule has 0 spiro atoms. The minimum atomic E-state index is -3.27. The number of methoxy groups -OCH3 is 1. The molecule has 2 aromatic carbocycles. The molecule has 1 aliphatic heterocycles. The Morgan fingerprint density at radius 2 is 1.74 bits per heavy atom. The number of halogens is 2. The summed E-state index contributed by atoms with van der Waals surface area (Å²) < 4.78 is 39.0. The van der Waals surface area contributed by atoms with E-state index in [9.17, 15) is 33.3 Å².